The predicted molar refractivity (Wildman–Crippen MR) is 238 cm³/mol. The molecule has 0 amide bonds. The van der Waals surface area contributed by atoms with Crippen molar-refractivity contribution < 1.29 is 0 Å². The molecule has 0 bridgehead atoms. The smallest absolute Gasteiger partial charge is 0.0635 e. The molecule has 0 aromatic heterocycles. The van der Waals surface area contributed by atoms with E-state index in [1.54, 1.807) is 0 Å². The van der Waals surface area contributed by atoms with Crippen LogP contribution in [0.15, 0.2) is 249 Å². The van der Waals surface area contributed by atoms with Crippen LogP contribution >= 0.6 is 0 Å². The van der Waals surface area contributed by atoms with Crippen LogP contribution in [0.1, 0.15) is 33.4 Å². The third-order valence-corrected chi connectivity index (χ3v) is 11.9. The molecule has 0 saturated heterocycles. The minimum atomic E-state index is -0.667. The number of rotatable bonds is 8. The fourth-order valence-electron chi connectivity index (χ4n) is 9.72. The number of para-hydroxylation sites is 2. The number of hydrogen-bond acceptors (Lipinski definition) is 1. The fourth-order valence-corrected chi connectivity index (χ4v) is 9.72. The van der Waals surface area contributed by atoms with Crippen molar-refractivity contribution in [3.05, 3.63) is 282 Å². The maximum absolute atomic E-state index is 2.45. The van der Waals surface area contributed by atoms with Crippen molar-refractivity contribution in [3.8, 4) is 22.3 Å². The molecule has 1 aliphatic carbocycles. The highest BCUT2D eigenvalue weighted by Gasteiger charge is 2.61. The molecule has 0 radical (unpaired) electrons. The summed E-state index contributed by atoms with van der Waals surface area (Å²) in [5.41, 5.74) is 14.4. The van der Waals surface area contributed by atoms with E-state index in [0.29, 0.717) is 0 Å². The topological polar surface area (TPSA) is 3.24 Å². The first-order valence-corrected chi connectivity index (χ1v) is 19.8. The molecule has 57 heavy (non-hydrogen) atoms. The first-order chi connectivity index (χ1) is 28.3. The lowest BCUT2D eigenvalue weighted by Gasteiger charge is -2.57. The lowest BCUT2D eigenvalue weighted by molar-refractivity contribution is 0.415. The Morgan fingerprint density at radius 1 is 0.246 bits per heavy atom. The van der Waals surface area contributed by atoms with Crippen LogP contribution in [0.25, 0.3) is 22.3 Å². The van der Waals surface area contributed by atoms with Crippen LogP contribution < -0.4 is 4.90 Å². The molecule has 0 atom stereocenters. The molecule has 1 nitrogen and oxygen atoms in total. The largest absolute Gasteiger partial charge is 0.310 e. The monoisotopic (exact) mass is 727 g/mol. The third kappa shape index (κ3) is 5.46. The number of fused-ring (bicyclic) bond motifs is 3. The molecule has 9 aromatic carbocycles. The second kappa shape index (κ2) is 14.5. The van der Waals surface area contributed by atoms with Crippen molar-refractivity contribution in [2.24, 2.45) is 0 Å². The molecule has 0 spiro atoms. The average Bonchev–Trinajstić information content (AvgIpc) is 3.30. The van der Waals surface area contributed by atoms with Crippen molar-refractivity contribution in [1.29, 1.82) is 0 Å². The van der Waals surface area contributed by atoms with Gasteiger partial charge in [0.2, 0.25) is 0 Å². The molecule has 270 valence electrons. The molecule has 1 aliphatic rings. The highest BCUT2D eigenvalue weighted by Crippen LogP contribution is 2.65. The predicted octanol–water partition coefficient (Wildman–Crippen LogP) is 14.2. The molecule has 0 saturated carbocycles. The molecule has 10 rings (SSSR count). The fraction of sp³-hybridized carbons (Fsp3) is 0.0357. The van der Waals surface area contributed by atoms with Crippen LogP contribution in [0.5, 0.6) is 0 Å². The van der Waals surface area contributed by atoms with Crippen molar-refractivity contribution in [1.82, 2.24) is 0 Å². The summed E-state index contributed by atoms with van der Waals surface area (Å²) in [4.78, 5) is 2.33. The van der Waals surface area contributed by atoms with Crippen LogP contribution in [0.2, 0.25) is 0 Å². The van der Waals surface area contributed by atoms with Crippen molar-refractivity contribution >= 4 is 17.1 Å². The summed E-state index contributed by atoms with van der Waals surface area (Å²) in [5.74, 6) is 0. The van der Waals surface area contributed by atoms with Crippen molar-refractivity contribution in [2.75, 3.05) is 4.90 Å². The second-order valence-electron chi connectivity index (χ2n) is 14.8. The summed E-state index contributed by atoms with van der Waals surface area (Å²) in [7, 11) is 0. The van der Waals surface area contributed by atoms with E-state index in [2.05, 4.69) is 254 Å². The molecule has 0 N–H and O–H groups in total. The zero-order chi connectivity index (χ0) is 38.1. The van der Waals surface area contributed by atoms with Gasteiger partial charge in [-0.2, -0.15) is 0 Å². The van der Waals surface area contributed by atoms with Gasteiger partial charge in [-0.05, 0) is 98.1 Å². The zero-order valence-corrected chi connectivity index (χ0v) is 31.6. The van der Waals surface area contributed by atoms with Gasteiger partial charge in [-0.3, -0.25) is 0 Å². The number of nitrogens with zero attached hydrogens (tertiary/aromatic N) is 1. The Labute approximate surface area is 335 Å². The van der Waals surface area contributed by atoms with Crippen molar-refractivity contribution in [2.45, 2.75) is 10.8 Å². The standard InChI is InChI=1S/C56H41N/c1-7-23-44(24-8-1)55(45-25-9-2-10-26-45)53-37-20-19-36-51(53)52-41-43(38-39-54(52)56(55,46-27-11-3-12-28-46)47-29-13-4-14-30-47)42-22-21-35-50(40-42)57(48-31-15-5-16-32-48)49-33-17-6-18-34-49/h1-41H. The van der Waals surface area contributed by atoms with E-state index in [9.17, 15) is 0 Å². The number of anilines is 3. The van der Waals surface area contributed by atoms with Crippen LogP contribution in [-0.4, -0.2) is 0 Å². The lowest BCUT2D eigenvalue weighted by atomic mass is 9.43. The normalized spacial score (nSPS) is 13.5. The molecule has 0 fully saturated rings. The molecule has 0 unspecified atom stereocenters. The second-order valence-corrected chi connectivity index (χ2v) is 14.8. The summed E-state index contributed by atoms with van der Waals surface area (Å²) < 4.78 is 0. The van der Waals surface area contributed by atoms with E-state index in [4.69, 9.17) is 0 Å². The van der Waals surface area contributed by atoms with Gasteiger partial charge in [-0.15, -0.1) is 0 Å². The maximum Gasteiger partial charge on any atom is 0.0635 e. The van der Waals surface area contributed by atoms with Gasteiger partial charge in [0.25, 0.3) is 0 Å². The molecular weight excluding hydrogens is 687 g/mol. The minimum Gasteiger partial charge on any atom is -0.310 e. The molecule has 0 heterocycles. The summed E-state index contributed by atoms with van der Waals surface area (Å²) >= 11 is 0. The Morgan fingerprint density at radius 3 is 1.09 bits per heavy atom. The Hall–Kier alpha value is -7.22. The Morgan fingerprint density at radius 2 is 0.614 bits per heavy atom. The zero-order valence-electron chi connectivity index (χ0n) is 31.6. The van der Waals surface area contributed by atoms with E-state index in [1.807, 2.05) is 0 Å². The van der Waals surface area contributed by atoms with Crippen molar-refractivity contribution in [3.63, 3.8) is 0 Å². The lowest BCUT2D eigenvalue weighted by Crippen LogP contribution is -2.54. The highest BCUT2D eigenvalue weighted by molar-refractivity contribution is 5.89. The summed E-state index contributed by atoms with van der Waals surface area (Å²) in [5, 5.41) is 0. The Kier molecular flexibility index (Phi) is 8.69. The van der Waals surface area contributed by atoms with Gasteiger partial charge in [-0.25, -0.2) is 0 Å². The van der Waals surface area contributed by atoms with Gasteiger partial charge in [0, 0.05) is 17.1 Å². The summed E-state index contributed by atoms with van der Waals surface area (Å²) in [6.45, 7) is 0. The van der Waals surface area contributed by atoms with Crippen LogP contribution in [0, 0.1) is 0 Å². The van der Waals surface area contributed by atoms with Crippen LogP contribution in [-0.2, 0) is 10.8 Å². The first-order valence-electron chi connectivity index (χ1n) is 19.8. The van der Waals surface area contributed by atoms with E-state index in [-0.39, 0.29) is 0 Å². The van der Waals surface area contributed by atoms with Crippen LogP contribution in [0.3, 0.4) is 0 Å². The first kappa shape index (κ1) is 34.3. The summed E-state index contributed by atoms with van der Waals surface area (Å²) in [6.07, 6.45) is 0. The van der Waals surface area contributed by atoms with Gasteiger partial charge in [0.15, 0.2) is 0 Å². The van der Waals surface area contributed by atoms with Gasteiger partial charge in [-0.1, -0.05) is 206 Å². The Balaban J connectivity index is 1.28. The highest BCUT2D eigenvalue weighted by atomic mass is 15.1. The molecular formula is C56H41N. The molecule has 0 aliphatic heterocycles. The van der Waals surface area contributed by atoms with E-state index < -0.39 is 10.8 Å². The van der Waals surface area contributed by atoms with Crippen LogP contribution in [0.4, 0.5) is 17.1 Å². The van der Waals surface area contributed by atoms with Gasteiger partial charge >= 0.3 is 0 Å². The quantitative estimate of drug-likeness (QED) is 0.151. The average molecular weight is 728 g/mol. The third-order valence-electron chi connectivity index (χ3n) is 11.9. The van der Waals surface area contributed by atoms with Gasteiger partial charge < -0.3 is 4.90 Å². The molecule has 9 aromatic rings. The SMILES string of the molecule is c1ccc(N(c2ccccc2)c2cccc(-c3ccc4c(c3)-c3ccccc3C(c3ccccc3)(c3ccccc3)C4(c3ccccc3)c3ccccc3)c2)cc1. The Bertz CT molecular complexity index is 2640. The minimum absolute atomic E-state index is 0.644. The number of hydrogen-bond donors (Lipinski definition) is 0. The van der Waals surface area contributed by atoms with E-state index in [1.165, 1.54) is 50.1 Å². The van der Waals surface area contributed by atoms with E-state index in [0.717, 1.165) is 22.6 Å². The van der Waals surface area contributed by atoms with E-state index >= 15 is 0 Å². The number of benzene rings is 9. The maximum atomic E-state index is 2.45. The summed E-state index contributed by atoms with van der Waals surface area (Å²) in [6, 6.07) is 91.4. The van der Waals surface area contributed by atoms with Gasteiger partial charge in [0.1, 0.15) is 0 Å². The molecule has 1 heteroatoms. The van der Waals surface area contributed by atoms with Gasteiger partial charge in [0.05, 0.1) is 10.8 Å².